The van der Waals surface area contributed by atoms with Crippen molar-refractivity contribution < 1.29 is 4.39 Å². The van der Waals surface area contributed by atoms with Crippen LogP contribution >= 0.6 is 0 Å². The lowest BCUT2D eigenvalue weighted by Gasteiger charge is -2.10. The van der Waals surface area contributed by atoms with Crippen LogP contribution in [0.25, 0.3) is 0 Å². The number of halogens is 1. The van der Waals surface area contributed by atoms with Crippen molar-refractivity contribution in [3.8, 4) is 0 Å². The van der Waals surface area contributed by atoms with E-state index in [0.29, 0.717) is 17.8 Å². The lowest BCUT2D eigenvalue weighted by atomic mass is 10.1. The number of aromatic nitrogens is 2. The van der Waals surface area contributed by atoms with Crippen LogP contribution < -0.4 is 5.32 Å². The SMILES string of the molecule is CNCc1c(C)nc(Cc2ccccc2F)nc1C. The van der Waals surface area contributed by atoms with E-state index in [1.165, 1.54) is 6.07 Å². The van der Waals surface area contributed by atoms with Gasteiger partial charge in [-0.05, 0) is 32.5 Å². The molecule has 19 heavy (non-hydrogen) atoms. The van der Waals surface area contributed by atoms with Crippen LogP contribution in [0.1, 0.15) is 28.3 Å². The van der Waals surface area contributed by atoms with Gasteiger partial charge in [0.25, 0.3) is 0 Å². The Morgan fingerprint density at radius 2 is 1.74 bits per heavy atom. The average molecular weight is 259 g/mol. The molecule has 2 rings (SSSR count). The fraction of sp³-hybridized carbons (Fsp3) is 0.333. The summed E-state index contributed by atoms with van der Waals surface area (Å²) < 4.78 is 13.6. The van der Waals surface area contributed by atoms with Gasteiger partial charge < -0.3 is 5.32 Å². The quantitative estimate of drug-likeness (QED) is 0.917. The van der Waals surface area contributed by atoms with Crippen LogP contribution in [-0.2, 0) is 13.0 Å². The van der Waals surface area contributed by atoms with E-state index >= 15 is 0 Å². The summed E-state index contributed by atoms with van der Waals surface area (Å²) in [5, 5.41) is 3.10. The Morgan fingerprint density at radius 1 is 1.11 bits per heavy atom. The lowest BCUT2D eigenvalue weighted by molar-refractivity contribution is 0.611. The average Bonchev–Trinajstić information content (AvgIpc) is 2.37. The van der Waals surface area contributed by atoms with Crippen molar-refractivity contribution in [3.05, 3.63) is 58.4 Å². The maximum Gasteiger partial charge on any atom is 0.133 e. The third-order valence-corrected chi connectivity index (χ3v) is 3.13. The summed E-state index contributed by atoms with van der Waals surface area (Å²) in [6.07, 6.45) is 0.425. The van der Waals surface area contributed by atoms with E-state index in [2.05, 4.69) is 15.3 Å². The van der Waals surface area contributed by atoms with Gasteiger partial charge in [0, 0.05) is 29.9 Å². The molecular weight excluding hydrogens is 241 g/mol. The molecule has 0 atom stereocenters. The van der Waals surface area contributed by atoms with Gasteiger partial charge in [0.15, 0.2) is 0 Å². The first-order valence-corrected chi connectivity index (χ1v) is 6.32. The summed E-state index contributed by atoms with van der Waals surface area (Å²) in [6, 6.07) is 6.75. The third kappa shape index (κ3) is 3.15. The first-order chi connectivity index (χ1) is 9.11. The number of aryl methyl sites for hydroxylation is 2. The highest BCUT2D eigenvalue weighted by Gasteiger charge is 2.10. The van der Waals surface area contributed by atoms with Gasteiger partial charge in [0.1, 0.15) is 11.6 Å². The second kappa shape index (κ2) is 5.89. The highest BCUT2D eigenvalue weighted by atomic mass is 19.1. The van der Waals surface area contributed by atoms with Crippen molar-refractivity contribution in [2.45, 2.75) is 26.8 Å². The number of rotatable bonds is 4. The number of hydrogen-bond donors (Lipinski definition) is 1. The Hall–Kier alpha value is -1.81. The van der Waals surface area contributed by atoms with Gasteiger partial charge in [-0.2, -0.15) is 0 Å². The molecule has 0 aliphatic rings. The zero-order chi connectivity index (χ0) is 13.8. The van der Waals surface area contributed by atoms with Gasteiger partial charge in [0.2, 0.25) is 0 Å². The molecule has 0 saturated carbocycles. The van der Waals surface area contributed by atoms with E-state index in [1.54, 1.807) is 12.1 Å². The van der Waals surface area contributed by atoms with Crippen molar-refractivity contribution in [1.29, 1.82) is 0 Å². The smallest absolute Gasteiger partial charge is 0.133 e. The van der Waals surface area contributed by atoms with E-state index in [1.807, 2.05) is 27.0 Å². The second-order valence-electron chi connectivity index (χ2n) is 4.59. The Labute approximate surface area is 112 Å². The molecule has 0 amide bonds. The summed E-state index contributed by atoms with van der Waals surface area (Å²) >= 11 is 0. The minimum Gasteiger partial charge on any atom is -0.316 e. The Morgan fingerprint density at radius 3 is 2.32 bits per heavy atom. The van der Waals surface area contributed by atoms with E-state index in [9.17, 15) is 4.39 Å². The van der Waals surface area contributed by atoms with Crippen LogP contribution in [0.2, 0.25) is 0 Å². The highest BCUT2D eigenvalue weighted by Crippen LogP contribution is 2.14. The van der Waals surface area contributed by atoms with Crippen LogP contribution in [0.15, 0.2) is 24.3 Å². The molecule has 0 spiro atoms. The summed E-state index contributed by atoms with van der Waals surface area (Å²) in [6.45, 7) is 4.68. The van der Waals surface area contributed by atoms with Crippen LogP contribution in [0.5, 0.6) is 0 Å². The molecule has 1 N–H and O–H groups in total. The predicted octanol–water partition coefficient (Wildman–Crippen LogP) is 2.54. The third-order valence-electron chi connectivity index (χ3n) is 3.13. The molecule has 1 aromatic carbocycles. The molecule has 0 aliphatic heterocycles. The molecule has 3 nitrogen and oxygen atoms in total. The van der Waals surface area contributed by atoms with Gasteiger partial charge in [-0.1, -0.05) is 18.2 Å². The van der Waals surface area contributed by atoms with Gasteiger partial charge in [-0.25, -0.2) is 14.4 Å². The van der Waals surface area contributed by atoms with Crippen LogP contribution in [0, 0.1) is 19.7 Å². The van der Waals surface area contributed by atoms with Crippen LogP contribution in [0.3, 0.4) is 0 Å². The number of nitrogens with one attached hydrogen (secondary N) is 1. The monoisotopic (exact) mass is 259 g/mol. The number of benzene rings is 1. The zero-order valence-electron chi connectivity index (χ0n) is 11.5. The molecule has 1 heterocycles. The van der Waals surface area contributed by atoms with Crippen molar-refractivity contribution in [2.24, 2.45) is 0 Å². The van der Waals surface area contributed by atoms with Gasteiger partial charge in [-0.3, -0.25) is 0 Å². The first kappa shape index (κ1) is 13.6. The van der Waals surface area contributed by atoms with E-state index in [-0.39, 0.29) is 5.82 Å². The molecule has 100 valence electrons. The van der Waals surface area contributed by atoms with Gasteiger partial charge in [-0.15, -0.1) is 0 Å². The molecule has 0 aliphatic carbocycles. The summed E-state index contributed by atoms with van der Waals surface area (Å²) in [5.74, 6) is 0.459. The topological polar surface area (TPSA) is 37.8 Å². The number of hydrogen-bond acceptors (Lipinski definition) is 3. The molecule has 1 aromatic heterocycles. The fourth-order valence-electron chi connectivity index (χ4n) is 2.13. The predicted molar refractivity (Wildman–Crippen MR) is 73.5 cm³/mol. The maximum atomic E-state index is 13.6. The Kier molecular flexibility index (Phi) is 4.22. The van der Waals surface area contributed by atoms with E-state index in [0.717, 1.165) is 23.5 Å². The summed E-state index contributed by atoms with van der Waals surface area (Å²) in [7, 11) is 1.89. The van der Waals surface area contributed by atoms with Gasteiger partial charge >= 0.3 is 0 Å². The molecule has 0 radical (unpaired) electrons. The molecule has 0 unspecified atom stereocenters. The van der Waals surface area contributed by atoms with Crippen molar-refractivity contribution in [1.82, 2.24) is 15.3 Å². The van der Waals surface area contributed by atoms with Crippen molar-refractivity contribution in [3.63, 3.8) is 0 Å². The molecule has 4 heteroatoms. The Balaban J connectivity index is 2.30. The van der Waals surface area contributed by atoms with E-state index in [4.69, 9.17) is 0 Å². The molecule has 0 bridgehead atoms. The highest BCUT2D eigenvalue weighted by molar-refractivity contribution is 5.27. The molecule has 0 fully saturated rings. The van der Waals surface area contributed by atoms with E-state index < -0.39 is 0 Å². The summed E-state index contributed by atoms with van der Waals surface area (Å²) in [4.78, 5) is 8.94. The van der Waals surface area contributed by atoms with Crippen LogP contribution in [-0.4, -0.2) is 17.0 Å². The first-order valence-electron chi connectivity index (χ1n) is 6.32. The van der Waals surface area contributed by atoms with Crippen molar-refractivity contribution in [2.75, 3.05) is 7.05 Å². The van der Waals surface area contributed by atoms with Crippen LogP contribution in [0.4, 0.5) is 4.39 Å². The standard InChI is InChI=1S/C15H18FN3/c1-10-13(9-17-3)11(2)19-15(18-10)8-12-6-4-5-7-14(12)16/h4-7,17H,8-9H2,1-3H3. The fourth-order valence-corrected chi connectivity index (χ4v) is 2.13. The minimum atomic E-state index is -0.208. The van der Waals surface area contributed by atoms with Crippen molar-refractivity contribution >= 4 is 0 Å². The zero-order valence-corrected chi connectivity index (χ0v) is 11.5. The second-order valence-corrected chi connectivity index (χ2v) is 4.59. The van der Waals surface area contributed by atoms with Gasteiger partial charge in [0.05, 0.1) is 0 Å². The normalized spacial score (nSPS) is 10.7. The largest absolute Gasteiger partial charge is 0.316 e. The summed E-state index contributed by atoms with van der Waals surface area (Å²) in [5.41, 5.74) is 3.64. The molecular formula is C15H18FN3. The molecule has 2 aromatic rings. The lowest BCUT2D eigenvalue weighted by Crippen LogP contribution is -2.12. The molecule has 0 saturated heterocycles. The number of nitrogens with zero attached hydrogens (tertiary/aromatic N) is 2. The minimum absolute atomic E-state index is 0.208. The maximum absolute atomic E-state index is 13.6. The Bertz CT molecular complexity index is 558.